The smallest absolute Gasteiger partial charge is 0.327 e. The first-order valence-electron chi connectivity index (χ1n) is 5.91. The van der Waals surface area contributed by atoms with Crippen molar-refractivity contribution < 1.29 is 17.7 Å². The van der Waals surface area contributed by atoms with Crippen molar-refractivity contribution in [1.29, 1.82) is 0 Å². The summed E-state index contributed by atoms with van der Waals surface area (Å²) in [7, 11) is -1.63. The second-order valence-electron chi connectivity index (χ2n) is 4.48. The van der Waals surface area contributed by atoms with Crippen molar-refractivity contribution in [2.75, 3.05) is 6.66 Å². The summed E-state index contributed by atoms with van der Waals surface area (Å²) in [5.74, 6) is 0. The highest BCUT2D eigenvalue weighted by Gasteiger charge is 2.30. The lowest BCUT2D eigenvalue weighted by Crippen LogP contribution is -2.03. The van der Waals surface area contributed by atoms with Crippen LogP contribution >= 0.6 is 19.1 Å². The van der Waals surface area contributed by atoms with E-state index in [-0.39, 0.29) is 0 Å². The van der Waals surface area contributed by atoms with Crippen LogP contribution in [0.3, 0.4) is 0 Å². The Hall–Kier alpha value is -1.13. The molecule has 1 aromatic carbocycles. The zero-order valence-corrected chi connectivity index (χ0v) is 12.7. The number of thiazole rings is 1. The van der Waals surface area contributed by atoms with Crippen molar-refractivity contribution in [1.82, 2.24) is 4.98 Å². The molecule has 2 rings (SSSR count). The van der Waals surface area contributed by atoms with Crippen molar-refractivity contribution in [3.8, 4) is 10.6 Å². The van der Waals surface area contributed by atoms with Crippen molar-refractivity contribution in [3.63, 3.8) is 0 Å². The molecule has 1 atom stereocenters. The van der Waals surface area contributed by atoms with E-state index >= 15 is 0 Å². The minimum Gasteiger partial charge on any atom is -0.327 e. The van der Waals surface area contributed by atoms with Gasteiger partial charge in [0.1, 0.15) is 5.01 Å². The number of hydrogen-bond acceptors (Lipinski definition) is 3. The van der Waals surface area contributed by atoms with Gasteiger partial charge in [-0.1, -0.05) is 12.1 Å². The lowest BCUT2D eigenvalue weighted by Gasteiger charge is -2.06. The second kappa shape index (κ2) is 5.70. The third-order valence-electron chi connectivity index (χ3n) is 2.76. The SMILES string of the molecule is Cc1nc(-c2ccc(C(F)(F)F)cc2)sc1C[PH](C)=O. The maximum absolute atomic E-state index is 12.5. The Balaban J connectivity index is 2.30. The molecule has 0 fully saturated rings. The van der Waals surface area contributed by atoms with Crippen LogP contribution in [0.15, 0.2) is 24.3 Å². The van der Waals surface area contributed by atoms with E-state index < -0.39 is 19.5 Å². The molecule has 0 saturated carbocycles. The quantitative estimate of drug-likeness (QED) is 0.759. The van der Waals surface area contributed by atoms with Gasteiger partial charge in [-0.05, 0) is 25.7 Å². The molecule has 1 unspecified atom stereocenters. The molecular weight excluding hydrogens is 306 g/mol. The Morgan fingerprint density at radius 3 is 2.35 bits per heavy atom. The van der Waals surface area contributed by atoms with Gasteiger partial charge in [0.2, 0.25) is 0 Å². The van der Waals surface area contributed by atoms with E-state index in [1.165, 1.54) is 23.5 Å². The molecule has 0 spiro atoms. The maximum atomic E-state index is 12.5. The number of rotatable bonds is 3. The molecule has 0 aliphatic rings. The average Bonchev–Trinajstić information content (AvgIpc) is 2.69. The van der Waals surface area contributed by atoms with Crippen LogP contribution in [0, 0.1) is 6.92 Å². The number of aromatic nitrogens is 1. The lowest BCUT2D eigenvalue weighted by molar-refractivity contribution is -0.137. The molecule has 0 aliphatic heterocycles. The van der Waals surface area contributed by atoms with E-state index in [2.05, 4.69) is 4.98 Å². The molecule has 0 radical (unpaired) electrons. The molecule has 2 nitrogen and oxygen atoms in total. The van der Waals surface area contributed by atoms with Crippen LogP contribution in [-0.2, 0) is 16.9 Å². The number of nitrogens with zero attached hydrogens (tertiary/aromatic N) is 1. The summed E-state index contributed by atoms with van der Waals surface area (Å²) in [6.45, 7) is 3.51. The Morgan fingerprint density at radius 2 is 1.85 bits per heavy atom. The second-order valence-corrected chi connectivity index (χ2v) is 7.32. The van der Waals surface area contributed by atoms with E-state index in [4.69, 9.17) is 0 Å². The van der Waals surface area contributed by atoms with Gasteiger partial charge in [-0.3, -0.25) is 0 Å². The lowest BCUT2D eigenvalue weighted by atomic mass is 10.1. The first kappa shape index (κ1) is 15.3. The molecule has 2 aromatic rings. The van der Waals surface area contributed by atoms with Gasteiger partial charge in [0.15, 0.2) is 0 Å². The van der Waals surface area contributed by atoms with Crippen molar-refractivity contribution in [3.05, 3.63) is 40.4 Å². The van der Waals surface area contributed by atoms with Gasteiger partial charge in [0, 0.05) is 16.6 Å². The summed E-state index contributed by atoms with van der Waals surface area (Å²) in [6, 6.07) is 4.93. The molecule has 0 amide bonds. The van der Waals surface area contributed by atoms with Gasteiger partial charge >= 0.3 is 6.18 Å². The molecule has 108 valence electrons. The van der Waals surface area contributed by atoms with Gasteiger partial charge in [0.05, 0.1) is 19.1 Å². The molecule has 0 aliphatic carbocycles. The first-order valence-corrected chi connectivity index (χ1v) is 8.84. The van der Waals surface area contributed by atoms with E-state index in [9.17, 15) is 17.7 Å². The van der Waals surface area contributed by atoms with Gasteiger partial charge in [-0.2, -0.15) is 13.2 Å². The van der Waals surface area contributed by atoms with Crippen molar-refractivity contribution >= 4 is 19.1 Å². The summed E-state index contributed by atoms with van der Waals surface area (Å²) >= 11 is 1.39. The Morgan fingerprint density at radius 1 is 1.25 bits per heavy atom. The highest BCUT2D eigenvalue weighted by Crippen LogP contribution is 2.35. The first-order chi connectivity index (χ1) is 9.27. The number of halogens is 3. The molecule has 20 heavy (non-hydrogen) atoms. The topological polar surface area (TPSA) is 30.0 Å². The van der Waals surface area contributed by atoms with E-state index in [0.29, 0.717) is 16.7 Å². The third-order valence-corrected chi connectivity index (χ3v) is 5.08. The van der Waals surface area contributed by atoms with Gasteiger partial charge in [-0.15, -0.1) is 11.3 Å². The maximum Gasteiger partial charge on any atom is 0.416 e. The number of benzene rings is 1. The number of alkyl halides is 3. The summed E-state index contributed by atoms with van der Waals surface area (Å²) in [6.07, 6.45) is -3.83. The van der Waals surface area contributed by atoms with Crippen LogP contribution in [0.2, 0.25) is 0 Å². The summed E-state index contributed by atoms with van der Waals surface area (Å²) in [5.41, 5.74) is 0.770. The highest BCUT2D eigenvalue weighted by molar-refractivity contribution is 7.43. The Bertz CT molecular complexity index is 634. The fourth-order valence-electron chi connectivity index (χ4n) is 1.74. The zero-order valence-electron chi connectivity index (χ0n) is 10.9. The van der Waals surface area contributed by atoms with Gasteiger partial charge in [-0.25, -0.2) is 4.98 Å². The molecule has 0 saturated heterocycles. The van der Waals surface area contributed by atoms with Crippen LogP contribution in [0.1, 0.15) is 16.1 Å². The summed E-state index contributed by atoms with van der Waals surface area (Å²) in [4.78, 5) is 5.28. The van der Waals surface area contributed by atoms with E-state index in [1.807, 2.05) is 6.92 Å². The monoisotopic (exact) mass is 319 g/mol. The molecule has 7 heteroatoms. The van der Waals surface area contributed by atoms with Gasteiger partial charge in [0.25, 0.3) is 0 Å². The van der Waals surface area contributed by atoms with E-state index in [0.717, 1.165) is 22.7 Å². The standard InChI is InChI=1S/C13H13F3NOPS/c1-8-11(7-19(2)18)20-12(17-8)9-3-5-10(6-4-9)13(14,15)16/h3-6,19H,7H2,1-2H3. The van der Waals surface area contributed by atoms with Crippen LogP contribution in [0.5, 0.6) is 0 Å². The molecule has 1 heterocycles. The van der Waals surface area contributed by atoms with Crippen molar-refractivity contribution in [2.24, 2.45) is 0 Å². The third kappa shape index (κ3) is 3.49. The summed E-state index contributed by atoms with van der Waals surface area (Å²) < 4.78 is 48.8. The average molecular weight is 319 g/mol. The predicted molar refractivity (Wildman–Crippen MR) is 75.9 cm³/mol. The minimum atomic E-state index is -4.33. The molecule has 0 bridgehead atoms. The van der Waals surface area contributed by atoms with E-state index in [1.54, 1.807) is 6.66 Å². The fourth-order valence-corrected chi connectivity index (χ4v) is 4.21. The number of aryl methyl sites for hydroxylation is 1. The Kier molecular flexibility index (Phi) is 4.35. The van der Waals surface area contributed by atoms with Gasteiger partial charge < -0.3 is 4.57 Å². The van der Waals surface area contributed by atoms with Crippen LogP contribution in [0.4, 0.5) is 13.2 Å². The summed E-state index contributed by atoms with van der Waals surface area (Å²) in [5, 5.41) is 0.662. The van der Waals surface area contributed by atoms with Crippen LogP contribution in [0.25, 0.3) is 10.6 Å². The molecule has 0 N–H and O–H groups in total. The zero-order chi connectivity index (χ0) is 14.9. The van der Waals surface area contributed by atoms with Crippen LogP contribution in [-0.4, -0.2) is 11.6 Å². The predicted octanol–water partition coefficient (Wildman–Crippen LogP) is 4.83. The largest absolute Gasteiger partial charge is 0.416 e. The van der Waals surface area contributed by atoms with Crippen LogP contribution < -0.4 is 0 Å². The van der Waals surface area contributed by atoms with Crippen molar-refractivity contribution in [2.45, 2.75) is 19.3 Å². The normalized spacial score (nSPS) is 13.4. The molecule has 1 aromatic heterocycles. The minimum absolute atomic E-state index is 0.495. The fraction of sp³-hybridized carbons (Fsp3) is 0.308. The molecular formula is C13H13F3NOPS. The highest BCUT2D eigenvalue weighted by atomic mass is 32.1. The number of hydrogen-bond donors (Lipinski definition) is 0. The Labute approximate surface area is 119 Å².